The maximum absolute atomic E-state index is 11.3. The minimum atomic E-state index is -0.829. The maximum atomic E-state index is 11.3. The Balaban J connectivity index is 2.75. The lowest BCUT2D eigenvalue weighted by Gasteiger charge is -2.05. The minimum Gasteiger partial charge on any atom is -0.504 e. The quantitative estimate of drug-likeness (QED) is 0.660. The highest BCUT2D eigenvalue weighted by Gasteiger charge is 2.12. The smallest absolute Gasteiger partial charge is 0.328 e. The number of benzene rings is 1. The van der Waals surface area contributed by atoms with Crippen molar-refractivity contribution in [2.45, 2.75) is 12.3 Å². The van der Waals surface area contributed by atoms with Crippen molar-refractivity contribution in [2.75, 3.05) is 13.7 Å². The molecule has 0 radical (unpaired) electrons. The molecule has 0 spiro atoms. The highest BCUT2D eigenvalue weighted by atomic mass is 35.5. The summed E-state index contributed by atoms with van der Waals surface area (Å²) in [6.45, 7) is 2.01. The molecule has 1 rings (SSSR count). The summed E-state index contributed by atoms with van der Waals surface area (Å²) in [7, 11) is 1.46. The summed E-state index contributed by atoms with van der Waals surface area (Å²) in [5, 5.41) is 8.59. The second kappa shape index (κ2) is 6.91. The van der Waals surface area contributed by atoms with Gasteiger partial charge in [0, 0.05) is 0 Å². The van der Waals surface area contributed by atoms with Gasteiger partial charge in [0.25, 0.3) is 0 Å². The van der Waals surface area contributed by atoms with E-state index in [1.807, 2.05) is 0 Å². The van der Waals surface area contributed by atoms with E-state index >= 15 is 0 Å². The first kappa shape index (κ1) is 14.4. The summed E-state index contributed by atoms with van der Waals surface area (Å²) in [6.07, 6.45) is 3.18. The largest absolute Gasteiger partial charge is 0.504 e. The molecule has 1 aromatic rings. The van der Waals surface area contributed by atoms with Gasteiger partial charge in [0.05, 0.1) is 13.7 Å². The van der Waals surface area contributed by atoms with Crippen LogP contribution in [0, 0.1) is 0 Å². The summed E-state index contributed by atoms with van der Waals surface area (Å²) in [5.41, 5.74) is 0.764. The van der Waals surface area contributed by atoms with Crippen LogP contribution in [0.5, 0.6) is 11.5 Å². The van der Waals surface area contributed by atoms with Gasteiger partial charge in [-0.25, -0.2) is 0 Å². The number of alkyl halides is 1. The SMILES string of the molecule is CCOC(=O)C(Cl)/C=C/c1ccc(O)c(OC)c1. The third kappa shape index (κ3) is 3.96. The normalized spacial score (nSPS) is 12.4. The fourth-order valence-electron chi connectivity index (χ4n) is 1.29. The molecule has 0 aromatic heterocycles. The molecule has 1 aromatic carbocycles. The van der Waals surface area contributed by atoms with Crippen LogP contribution in [0.25, 0.3) is 6.08 Å². The predicted octanol–water partition coefficient (Wildman–Crippen LogP) is 2.58. The zero-order chi connectivity index (χ0) is 13.5. The highest BCUT2D eigenvalue weighted by molar-refractivity contribution is 6.31. The second-order valence-corrected chi connectivity index (χ2v) is 3.91. The highest BCUT2D eigenvalue weighted by Crippen LogP contribution is 2.26. The standard InChI is InChI=1S/C13H15ClO4/c1-3-18-13(16)10(14)6-4-9-5-7-11(15)12(8-9)17-2/h4-8,10,15H,3H2,1-2H3/b6-4+. The summed E-state index contributed by atoms with van der Waals surface area (Å²) in [5.74, 6) is -0.0666. The van der Waals surface area contributed by atoms with Crippen LogP contribution in [0.15, 0.2) is 24.3 Å². The van der Waals surface area contributed by atoms with Crippen molar-refractivity contribution in [1.29, 1.82) is 0 Å². The third-order valence-corrected chi connectivity index (χ3v) is 2.50. The van der Waals surface area contributed by atoms with Gasteiger partial charge in [-0.2, -0.15) is 0 Å². The number of carbonyl (C=O) groups excluding carboxylic acids is 1. The van der Waals surface area contributed by atoms with Crippen LogP contribution in [-0.4, -0.2) is 30.2 Å². The van der Waals surface area contributed by atoms with Gasteiger partial charge >= 0.3 is 5.97 Å². The first-order chi connectivity index (χ1) is 8.58. The topological polar surface area (TPSA) is 55.8 Å². The molecule has 0 fully saturated rings. The lowest BCUT2D eigenvalue weighted by atomic mass is 10.2. The van der Waals surface area contributed by atoms with Crippen LogP contribution in [0.4, 0.5) is 0 Å². The number of halogens is 1. The van der Waals surface area contributed by atoms with Crippen molar-refractivity contribution in [3.05, 3.63) is 29.8 Å². The van der Waals surface area contributed by atoms with Crippen molar-refractivity contribution in [1.82, 2.24) is 0 Å². The molecule has 4 nitrogen and oxygen atoms in total. The van der Waals surface area contributed by atoms with Crippen LogP contribution in [-0.2, 0) is 9.53 Å². The van der Waals surface area contributed by atoms with E-state index in [-0.39, 0.29) is 5.75 Å². The molecular weight excluding hydrogens is 256 g/mol. The molecule has 0 heterocycles. The number of phenols is 1. The molecule has 0 aliphatic carbocycles. The zero-order valence-corrected chi connectivity index (χ0v) is 11.0. The van der Waals surface area contributed by atoms with Crippen molar-refractivity contribution >= 4 is 23.6 Å². The number of rotatable bonds is 5. The predicted molar refractivity (Wildman–Crippen MR) is 70.0 cm³/mol. The lowest BCUT2D eigenvalue weighted by Crippen LogP contribution is -2.15. The number of aromatic hydroxyl groups is 1. The van der Waals surface area contributed by atoms with E-state index in [1.165, 1.54) is 19.3 Å². The minimum absolute atomic E-state index is 0.0578. The lowest BCUT2D eigenvalue weighted by molar-refractivity contribution is -0.141. The van der Waals surface area contributed by atoms with Crippen LogP contribution in [0.1, 0.15) is 12.5 Å². The maximum Gasteiger partial charge on any atom is 0.328 e. The van der Waals surface area contributed by atoms with Crippen molar-refractivity contribution in [3.63, 3.8) is 0 Å². The van der Waals surface area contributed by atoms with Gasteiger partial charge in [0.2, 0.25) is 0 Å². The molecule has 98 valence electrons. The summed E-state index contributed by atoms with van der Waals surface area (Å²) in [6, 6.07) is 4.83. The molecule has 1 unspecified atom stereocenters. The van der Waals surface area contributed by atoms with Gasteiger partial charge < -0.3 is 14.6 Å². The number of hydrogen-bond donors (Lipinski definition) is 1. The van der Waals surface area contributed by atoms with Gasteiger partial charge in [0.1, 0.15) is 5.38 Å². The van der Waals surface area contributed by atoms with E-state index in [0.29, 0.717) is 12.4 Å². The van der Waals surface area contributed by atoms with Gasteiger partial charge in [0.15, 0.2) is 11.5 Å². The van der Waals surface area contributed by atoms with Crippen LogP contribution >= 0.6 is 11.6 Å². The molecule has 0 saturated heterocycles. The number of phenolic OH excluding ortho intramolecular Hbond substituents is 1. The van der Waals surface area contributed by atoms with E-state index in [1.54, 1.807) is 25.1 Å². The Hall–Kier alpha value is -1.68. The first-order valence-corrected chi connectivity index (χ1v) is 5.88. The zero-order valence-electron chi connectivity index (χ0n) is 10.2. The molecule has 1 N–H and O–H groups in total. The molecule has 0 bridgehead atoms. The molecule has 18 heavy (non-hydrogen) atoms. The number of hydrogen-bond acceptors (Lipinski definition) is 4. The van der Waals surface area contributed by atoms with Crippen molar-refractivity contribution in [3.8, 4) is 11.5 Å². The Morgan fingerprint density at radius 3 is 2.89 bits per heavy atom. The number of esters is 1. The molecular formula is C13H15ClO4. The van der Waals surface area contributed by atoms with E-state index in [2.05, 4.69) is 0 Å². The molecule has 1 atom stereocenters. The number of methoxy groups -OCH3 is 1. The summed E-state index contributed by atoms with van der Waals surface area (Å²) < 4.78 is 9.74. The Bertz CT molecular complexity index is 443. The summed E-state index contributed by atoms with van der Waals surface area (Å²) >= 11 is 5.82. The van der Waals surface area contributed by atoms with E-state index in [0.717, 1.165) is 5.56 Å². The van der Waals surface area contributed by atoms with Crippen LogP contribution in [0.2, 0.25) is 0 Å². The average Bonchev–Trinajstić information content (AvgIpc) is 2.37. The van der Waals surface area contributed by atoms with Crippen LogP contribution in [0.3, 0.4) is 0 Å². The first-order valence-electron chi connectivity index (χ1n) is 5.44. The average molecular weight is 271 g/mol. The van der Waals surface area contributed by atoms with Gasteiger partial charge in [-0.3, -0.25) is 4.79 Å². The van der Waals surface area contributed by atoms with Gasteiger partial charge in [-0.15, -0.1) is 11.6 Å². The van der Waals surface area contributed by atoms with E-state index in [9.17, 15) is 9.90 Å². The molecule has 0 amide bonds. The fourth-order valence-corrected chi connectivity index (χ4v) is 1.43. The van der Waals surface area contributed by atoms with Gasteiger partial charge in [-0.1, -0.05) is 18.2 Å². The monoisotopic (exact) mass is 270 g/mol. The second-order valence-electron chi connectivity index (χ2n) is 3.44. The van der Waals surface area contributed by atoms with Crippen LogP contribution < -0.4 is 4.74 Å². The fraction of sp³-hybridized carbons (Fsp3) is 0.308. The van der Waals surface area contributed by atoms with E-state index < -0.39 is 11.3 Å². The van der Waals surface area contributed by atoms with Crippen molar-refractivity contribution in [2.24, 2.45) is 0 Å². The Morgan fingerprint density at radius 2 is 2.28 bits per heavy atom. The van der Waals surface area contributed by atoms with Gasteiger partial charge in [-0.05, 0) is 24.6 Å². The number of ether oxygens (including phenoxy) is 2. The molecule has 0 aliphatic heterocycles. The summed E-state index contributed by atoms with van der Waals surface area (Å²) in [4.78, 5) is 11.3. The Labute approximate surface area is 111 Å². The molecule has 0 saturated carbocycles. The molecule has 0 aliphatic rings. The number of carbonyl (C=O) groups is 1. The Kier molecular flexibility index (Phi) is 5.52. The molecule has 5 heteroatoms. The van der Waals surface area contributed by atoms with E-state index in [4.69, 9.17) is 21.1 Å². The van der Waals surface area contributed by atoms with Crippen molar-refractivity contribution < 1.29 is 19.4 Å². The Morgan fingerprint density at radius 1 is 1.56 bits per heavy atom. The third-order valence-electron chi connectivity index (χ3n) is 2.17.